The Labute approximate surface area is 75.0 Å². The summed E-state index contributed by atoms with van der Waals surface area (Å²) < 4.78 is 0. The molecule has 0 aromatic rings. The Morgan fingerprint density at radius 1 is 1.17 bits per heavy atom. The fourth-order valence-electron chi connectivity index (χ4n) is 1.12. The van der Waals surface area contributed by atoms with Gasteiger partial charge < -0.3 is 5.11 Å². The number of ketones is 1. The third-order valence-corrected chi connectivity index (χ3v) is 1.68. The molecular weight excluding hydrogens is 152 g/mol. The lowest BCUT2D eigenvalue weighted by Gasteiger charge is -2.12. The van der Waals surface area contributed by atoms with Crippen molar-refractivity contribution >= 4 is 5.78 Å². The zero-order chi connectivity index (χ0) is 9.72. The van der Waals surface area contributed by atoms with E-state index >= 15 is 0 Å². The molecule has 0 aromatic heterocycles. The molecule has 2 heteroatoms. The lowest BCUT2D eigenvalue weighted by Crippen LogP contribution is -2.23. The summed E-state index contributed by atoms with van der Waals surface area (Å²) in [5, 5.41) is 9.39. The second kappa shape index (κ2) is 5.31. The Morgan fingerprint density at radius 3 is 2.00 bits per heavy atom. The highest BCUT2D eigenvalue weighted by molar-refractivity contribution is 5.82. The van der Waals surface area contributed by atoms with E-state index in [1.165, 1.54) is 0 Å². The van der Waals surface area contributed by atoms with Crippen LogP contribution < -0.4 is 0 Å². The van der Waals surface area contributed by atoms with E-state index in [-0.39, 0.29) is 5.78 Å². The molecule has 1 N–H and O–H groups in total. The van der Waals surface area contributed by atoms with Gasteiger partial charge in [-0.25, -0.2) is 0 Å². The average Bonchev–Trinajstić information content (AvgIpc) is 1.84. The lowest BCUT2D eigenvalue weighted by molar-refractivity contribution is -0.128. The summed E-state index contributed by atoms with van der Waals surface area (Å²) in [4.78, 5) is 11.2. The van der Waals surface area contributed by atoms with Crippen molar-refractivity contribution in [3.8, 4) is 0 Å². The maximum Gasteiger partial charge on any atom is 0.161 e. The predicted molar refractivity (Wildman–Crippen MR) is 49.9 cm³/mol. The smallest absolute Gasteiger partial charge is 0.161 e. The van der Waals surface area contributed by atoms with Crippen molar-refractivity contribution in [2.45, 2.75) is 46.6 Å². The van der Waals surface area contributed by atoms with Gasteiger partial charge in [0.1, 0.15) is 6.10 Å². The normalized spacial score (nSPS) is 13.9. The zero-order valence-corrected chi connectivity index (χ0v) is 8.50. The van der Waals surface area contributed by atoms with E-state index in [9.17, 15) is 9.90 Å². The number of rotatable bonds is 5. The second-order valence-corrected chi connectivity index (χ2v) is 4.21. The van der Waals surface area contributed by atoms with Gasteiger partial charge in [0.2, 0.25) is 0 Å². The highest BCUT2D eigenvalue weighted by Gasteiger charge is 2.16. The van der Waals surface area contributed by atoms with Crippen LogP contribution in [-0.4, -0.2) is 17.0 Å². The van der Waals surface area contributed by atoms with Crippen LogP contribution in [0.5, 0.6) is 0 Å². The molecule has 0 radical (unpaired) electrons. The van der Waals surface area contributed by atoms with Crippen molar-refractivity contribution in [2.24, 2.45) is 11.8 Å². The Bertz CT molecular complexity index is 139. The van der Waals surface area contributed by atoms with E-state index in [2.05, 4.69) is 0 Å². The minimum atomic E-state index is -0.743. The molecular formula is C10H20O2. The van der Waals surface area contributed by atoms with Crippen LogP contribution in [0, 0.1) is 11.8 Å². The van der Waals surface area contributed by atoms with Crippen molar-refractivity contribution in [2.75, 3.05) is 0 Å². The number of aliphatic hydroxyl groups excluding tert-OH is 1. The summed E-state index contributed by atoms with van der Waals surface area (Å²) in [6, 6.07) is 0. The lowest BCUT2D eigenvalue weighted by atomic mass is 9.97. The van der Waals surface area contributed by atoms with Gasteiger partial charge in [-0.05, 0) is 18.3 Å². The Morgan fingerprint density at radius 2 is 1.67 bits per heavy atom. The van der Waals surface area contributed by atoms with E-state index in [1.54, 1.807) is 0 Å². The fourth-order valence-corrected chi connectivity index (χ4v) is 1.12. The minimum absolute atomic E-state index is 0.0151. The molecule has 0 aliphatic carbocycles. The van der Waals surface area contributed by atoms with Gasteiger partial charge in [-0.3, -0.25) is 4.79 Å². The molecule has 0 rings (SSSR count). The SMILES string of the molecule is CC(C)CC(=O)C(O)CC(C)C. The largest absolute Gasteiger partial charge is 0.385 e. The summed E-state index contributed by atoms with van der Waals surface area (Å²) in [5.41, 5.74) is 0. The molecule has 0 fully saturated rings. The molecule has 0 saturated heterocycles. The topological polar surface area (TPSA) is 37.3 Å². The summed E-state index contributed by atoms with van der Waals surface area (Å²) in [7, 11) is 0. The highest BCUT2D eigenvalue weighted by atomic mass is 16.3. The van der Waals surface area contributed by atoms with Crippen LogP contribution in [0.3, 0.4) is 0 Å². The monoisotopic (exact) mass is 172 g/mol. The standard InChI is InChI=1S/C10H20O2/c1-7(2)5-9(11)10(12)6-8(3)4/h7-9,11H,5-6H2,1-4H3. The number of carbonyl (C=O) groups is 1. The molecule has 0 spiro atoms. The Hall–Kier alpha value is -0.370. The van der Waals surface area contributed by atoms with E-state index in [4.69, 9.17) is 0 Å². The third kappa shape index (κ3) is 5.30. The van der Waals surface area contributed by atoms with E-state index in [0.29, 0.717) is 24.7 Å². The van der Waals surface area contributed by atoms with Crippen molar-refractivity contribution in [3.63, 3.8) is 0 Å². The van der Waals surface area contributed by atoms with E-state index < -0.39 is 6.10 Å². The van der Waals surface area contributed by atoms with Crippen LogP contribution in [-0.2, 0) is 4.79 Å². The van der Waals surface area contributed by atoms with Crippen LogP contribution in [0.25, 0.3) is 0 Å². The van der Waals surface area contributed by atoms with Gasteiger partial charge in [-0.15, -0.1) is 0 Å². The van der Waals surface area contributed by atoms with Crippen LogP contribution in [0.2, 0.25) is 0 Å². The van der Waals surface area contributed by atoms with Gasteiger partial charge in [-0.1, -0.05) is 27.7 Å². The van der Waals surface area contributed by atoms with Gasteiger partial charge in [0.25, 0.3) is 0 Å². The summed E-state index contributed by atoms with van der Waals surface area (Å²) >= 11 is 0. The zero-order valence-electron chi connectivity index (χ0n) is 8.50. The molecule has 1 unspecified atom stereocenters. The minimum Gasteiger partial charge on any atom is -0.385 e. The fraction of sp³-hybridized carbons (Fsp3) is 0.900. The average molecular weight is 172 g/mol. The van der Waals surface area contributed by atoms with Crippen LogP contribution >= 0.6 is 0 Å². The van der Waals surface area contributed by atoms with Gasteiger partial charge >= 0.3 is 0 Å². The number of aliphatic hydroxyl groups is 1. The van der Waals surface area contributed by atoms with E-state index in [1.807, 2.05) is 27.7 Å². The first-order valence-electron chi connectivity index (χ1n) is 4.64. The molecule has 0 aliphatic heterocycles. The molecule has 0 aliphatic rings. The van der Waals surface area contributed by atoms with Gasteiger partial charge in [0.15, 0.2) is 5.78 Å². The van der Waals surface area contributed by atoms with Gasteiger partial charge in [0, 0.05) is 6.42 Å². The van der Waals surface area contributed by atoms with Crippen LogP contribution in [0.1, 0.15) is 40.5 Å². The predicted octanol–water partition coefficient (Wildman–Crippen LogP) is 2.01. The molecule has 0 aromatic carbocycles. The van der Waals surface area contributed by atoms with Gasteiger partial charge in [0.05, 0.1) is 0 Å². The maximum absolute atomic E-state index is 11.2. The third-order valence-electron chi connectivity index (χ3n) is 1.68. The maximum atomic E-state index is 11.2. The first-order chi connectivity index (χ1) is 5.43. The summed E-state index contributed by atoms with van der Waals surface area (Å²) in [6.07, 6.45) is 0.340. The van der Waals surface area contributed by atoms with Crippen molar-refractivity contribution in [3.05, 3.63) is 0 Å². The quantitative estimate of drug-likeness (QED) is 0.688. The number of hydrogen-bond acceptors (Lipinski definition) is 2. The van der Waals surface area contributed by atoms with E-state index in [0.717, 1.165) is 0 Å². The molecule has 0 bridgehead atoms. The second-order valence-electron chi connectivity index (χ2n) is 4.21. The van der Waals surface area contributed by atoms with Crippen molar-refractivity contribution in [1.82, 2.24) is 0 Å². The molecule has 0 heterocycles. The van der Waals surface area contributed by atoms with Crippen LogP contribution in [0.4, 0.5) is 0 Å². The number of Topliss-reactive ketones (excluding diaryl/α,β-unsaturated/α-hetero) is 1. The number of hydrogen-bond donors (Lipinski definition) is 1. The molecule has 72 valence electrons. The molecule has 1 atom stereocenters. The van der Waals surface area contributed by atoms with Crippen LogP contribution in [0.15, 0.2) is 0 Å². The first-order valence-corrected chi connectivity index (χ1v) is 4.64. The number of carbonyl (C=O) groups excluding carboxylic acids is 1. The first kappa shape index (κ1) is 11.6. The highest BCUT2D eigenvalue weighted by Crippen LogP contribution is 2.10. The van der Waals surface area contributed by atoms with Gasteiger partial charge in [-0.2, -0.15) is 0 Å². The van der Waals surface area contributed by atoms with Crippen molar-refractivity contribution < 1.29 is 9.90 Å². The molecule has 2 nitrogen and oxygen atoms in total. The Balaban J connectivity index is 3.77. The summed E-state index contributed by atoms with van der Waals surface area (Å²) in [6.45, 7) is 7.98. The molecule has 0 saturated carbocycles. The van der Waals surface area contributed by atoms with Crippen molar-refractivity contribution in [1.29, 1.82) is 0 Å². The summed E-state index contributed by atoms with van der Waals surface area (Å²) in [5.74, 6) is 0.717. The molecule has 0 amide bonds. The Kier molecular flexibility index (Phi) is 5.14. The molecule has 12 heavy (non-hydrogen) atoms.